The Labute approximate surface area is 121 Å². The number of hydrogen-bond donors (Lipinski definition) is 3. The molecule has 8 heteroatoms. The van der Waals surface area contributed by atoms with Gasteiger partial charge in [0.2, 0.25) is 0 Å². The summed E-state index contributed by atoms with van der Waals surface area (Å²) in [6, 6.07) is 6.63. The Balaban J connectivity index is 1.78. The van der Waals surface area contributed by atoms with E-state index in [0.717, 1.165) is 12.8 Å². The first-order valence-electron chi connectivity index (χ1n) is 6.47. The Morgan fingerprint density at radius 1 is 1.33 bits per heavy atom. The molecule has 0 spiro atoms. The maximum atomic E-state index is 12.1. The molecule has 2 aromatic rings. The van der Waals surface area contributed by atoms with E-state index in [0.29, 0.717) is 11.3 Å². The number of sulfonamides is 1. The molecule has 1 amide bonds. The molecule has 21 heavy (non-hydrogen) atoms. The van der Waals surface area contributed by atoms with Crippen LogP contribution in [0.3, 0.4) is 0 Å². The second-order valence-corrected chi connectivity index (χ2v) is 6.55. The van der Waals surface area contributed by atoms with Crippen LogP contribution in [0.15, 0.2) is 41.6 Å². The van der Waals surface area contributed by atoms with Gasteiger partial charge in [-0.15, -0.1) is 0 Å². The van der Waals surface area contributed by atoms with Gasteiger partial charge in [0.25, 0.3) is 15.9 Å². The zero-order chi connectivity index (χ0) is 14.9. The van der Waals surface area contributed by atoms with Gasteiger partial charge >= 0.3 is 0 Å². The largest absolute Gasteiger partial charge is 0.349 e. The fraction of sp³-hybridized carbons (Fsp3) is 0.231. The molecule has 1 saturated carbocycles. The lowest BCUT2D eigenvalue weighted by Crippen LogP contribution is -2.25. The third kappa shape index (κ3) is 3.22. The van der Waals surface area contributed by atoms with Gasteiger partial charge in [-0.2, -0.15) is 5.10 Å². The minimum atomic E-state index is -3.70. The van der Waals surface area contributed by atoms with E-state index in [-0.39, 0.29) is 16.8 Å². The van der Waals surface area contributed by atoms with Gasteiger partial charge in [0.05, 0.1) is 6.20 Å². The number of carbonyl (C=O) groups excluding carboxylic acids is 1. The third-order valence-corrected chi connectivity index (χ3v) is 4.42. The number of nitrogens with zero attached hydrogens (tertiary/aromatic N) is 1. The minimum absolute atomic E-state index is 0.0373. The summed E-state index contributed by atoms with van der Waals surface area (Å²) in [5.74, 6) is -0.193. The van der Waals surface area contributed by atoms with Crippen LogP contribution in [0, 0.1) is 0 Å². The highest BCUT2D eigenvalue weighted by Gasteiger charge is 2.24. The summed E-state index contributed by atoms with van der Waals surface area (Å²) < 4.78 is 26.5. The van der Waals surface area contributed by atoms with E-state index in [1.807, 2.05) is 0 Å². The van der Waals surface area contributed by atoms with Crippen LogP contribution in [0.2, 0.25) is 0 Å². The number of anilines is 1. The average Bonchev–Trinajstić information content (AvgIpc) is 3.07. The summed E-state index contributed by atoms with van der Waals surface area (Å²) in [6.07, 6.45) is 4.50. The average molecular weight is 306 g/mol. The van der Waals surface area contributed by atoms with Gasteiger partial charge in [0.1, 0.15) is 4.90 Å². The Morgan fingerprint density at radius 2 is 2.14 bits per heavy atom. The molecule has 110 valence electrons. The number of carbonyl (C=O) groups is 1. The number of nitrogens with one attached hydrogen (secondary N) is 3. The predicted molar refractivity (Wildman–Crippen MR) is 76.3 cm³/mol. The molecule has 3 rings (SSSR count). The first-order chi connectivity index (χ1) is 10.0. The van der Waals surface area contributed by atoms with Crippen LogP contribution < -0.4 is 10.0 Å². The molecule has 1 aromatic heterocycles. The van der Waals surface area contributed by atoms with Gasteiger partial charge in [-0.1, -0.05) is 6.07 Å². The second-order valence-electron chi connectivity index (χ2n) is 4.87. The van der Waals surface area contributed by atoms with Crippen molar-refractivity contribution in [3.63, 3.8) is 0 Å². The van der Waals surface area contributed by atoms with E-state index < -0.39 is 10.0 Å². The SMILES string of the molecule is O=C(NC1CC1)c1cccc(NS(=O)(=O)c2cn[nH]c2)c1. The van der Waals surface area contributed by atoms with Crippen molar-refractivity contribution in [2.45, 2.75) is 23.8 Å². The van der Waals surface area contributed by atoms with Crippen molar-refractivity contribution in [3.05, 3.63) is 42.2 Å². The molecule has 1 aliphatic carbocycles. The van der Waals surface area contributed by atoms with Gasteiger partial charge in [-0.05, 0) is 31.0 Å². The minimum Gasteiger partial charge on any atom is -0.349 e. The van der Waals surface area contributed by atoms with Crippen LogP contribution >= 0.6 is 0 Å². The van der Waals surface area contributed by atoms with Crippen molar-refractivity contribution in [2.24, 2.45) is 0 Å². The number of amides is 1. The standard InChI is InChI=1S/C13H14N4O3S/c18-13(16-10-4-5-10)9-2-1-3-11(6-9)17-21(19,20)12-7-14-15-8-12/h1-3,6-8,10,17H,4-5H2,(H,14,15)(H,16,18). The van der Waals surface area contributed by atoms with Crippen molar-refractivity contribution >= 4 is 21.6 Å². The summed E-state index contributed by atoms with van der Waals surface area (Å²) in [7, 11) is -3.70. The number of hydrogen-bond acceptors (Lipinski definition) is 4. The molecule has 0 unspecified atom stereocenters. The van der Waals surface area contributed by atoms with Crippen LogP contribution in [0.4, 0.5) is 5.69 Å². The van der Waals surface area contributed by atoms with Crippen molar-refractivity contribution in [2.75, 3.05) is 4.72 Å². The quantitative estimate of drug-likeness (QED) is 0.769. The van der Waals surface area contributed by atoms with E-state index in [4.69, 9.17) is 0 Å². The maximum absolute atomic E-state index is 12.1. The Bertz CT molecular complexity index is 751. The zero-order valence-corrected chi connectivity index (χ0v) is 11.9. The molecular weight excluding hydrogens is 292 g/mol. The summed E-state index contributed by atoms with van der Waals surface area (Å²) in [5.41, 5.74) is 0.758. The molecule has 1 heterocycles. The number of rotatable bonds is 5. The monoisotopic (exact) mass is 306 g/mol. The highest BCUT2D eigenvalue weighted by Crippen LogP contribution is 2.20. The number of H-pyrrole nitrogens is 1. The number of benzene rings is 1. The van der Waals surface area contributed by atoms with Crippen molar-refractivity contribution in [1.29, 1.82) is 0 Å². The van der Waals surface area contributed by atoms with Crippen molar-refractivity contribution in [1.82, 2.24) is 15.5 Å². The zero-order valence-electron chi connectivity index (χ0n) is 11.0. The van der Waals surface area contributed by atoms with Crippen LogP contribution in [-0.4, -0.2) is 30.6 Å². The van der Waals surface area contributed by atoms with Gasteiger partial charge in [-0.25, -0.2) is 8.42 Å². The van der Waals surface area contributed by atoms with E-state index >= 15 is 0 Å². The van der Waals surface area contributed by atoms with Crippen LogP contribution in [0.5, 0.6) is 0 Å². The topological polar surface area (TPSA) is 104 Å². The maximum Gasteiger partial charge on any atom is 0.265 e. The van der Waals surface area contributed by atoms with Crippen molar-refractivity contribution in [3.8, 4) is 0 Å². The summed E-state index contributed by atoms with van der Waals surface area (Å²) in [4.78, 5) is 12.0. The normalized spacial score (nSPS) is 14.7. The molecule has 7 nitrogen and oxygen atoms in total. The summed E-state index contributed by atoms with van der Waals surface area (Å²) in [6.45, 7) is 0. The Morgan fingerprint density at radius 3 is 2.81 bits per heavy atom. The van der Waals surface area contributed by atoms with Gasteiger partial charge < -0.3 is 5.32 Å². The number of aromatic nitrogens is 2. The molecule has 0 aliphatic heterocycles. The Kier molecular flexibility index (Phi) is 3.38. The van der Waals surface area contributed by atoms with E-state index in [1.165, 1.54) is 18.5 Å². The second kappa shape index (κ2) is 5.21. The van der Waals surface area contributed by atoms with Crippen LogP contribution in [-0.2, 0) is 10.0 Å². The van der Waals surface area contributed by atoms with Crippen LogP contribution in [0.1, 0.15) is 23.2 Å². The summed E-state index contributed by atoms with van der Waals surface area (Å²) >= 11 is 0. The third-order valence-electron chi connectivity index (χ3n) is 3.07. The van der Waals surface area contributed by atoms with Gasteiger partial charge in [0, 0.05) is 23.5 Å². The molecule has 0 saturated heterocycles. The Hall–Kier alpha value is -2.35. The van der Waals surface area contributed by atoms with Crippen LogP contribution in [0.25, 0.3) is 0 Å². The molecular formula is C13H14N4O3S. The fourth-order valence-electron chi connectivity index (χ4n) is 1.82. The molecule has 1 fully saturated rings. The predicted octanol–water partition coefficient (Wildman–Crippen LogP) is 1.10. The molecule has 0 radical (unpaired) electrons. The fourth-order valence-corrected chi connectivity index (χ4v) is 2.77. The van der Waals surface area contributed by atoms with E-state index in [1.54, 1.807) is 18.2 Å². The molecule has 0 bridgehead atoms. The highest BCUT2D eigenvalue weighted by molar-refractivity contribution is 7.92. The van der Waals surface area contributed by atoms with E-state index in [9.17, 15) is 13.2 Å². The molecule has 3 N–H and O–H groups in total. The lowest BCUT2D eigenvalue weighted by atomic mass is 10.2. The molecule has 1 aromatic carbocycles. The molecule has 0 atom stereocenters. The van der Waals surface area contributed by atoms with Gasteiger partial charge in [0.15, 0.2) is 0 Å². The first kappa shape index (κ1) is 13.6. The highest BCUT2D eigenvalue weighted by atomic mass is 32.2. The lowest BCUT2D eigenvalue weighted by Gasteiger charge is -2.08. The number of aromatic amines is 1. The van der Waals surface area contributed by atoms with E-state index in [2.05, 4.69) is 20.2 Å². The first-order valence-corrected chi connectivity index (χ1v) is 7.95. The smallest absolute Gasteiger partial charge is 0.265 e. The van der Waals surface area contributed by atoms with Crippen molar-refractivity contribution < 1.29 is 13.2 Å². The molecule has 1 aliphatic rings. The lowest BCUT2D eigenvalue weighted by molar-refractivity contribution is 0.0951. The summed E-state index contributed by atoms with van der Waals surface area (Å²) in [5, 5.41) is 8.91. The van der Waals surface area contributed by atoms with Gasteiger partial charge in [-0.3, -0.25) is 14.6 Å².